The molecule has 1 aromatic carbocycles. The average molecular weight is 157 g/mol. The van der Waals surface area contributed by atoms with Gasteiger partial charge in [-0.3, -0.25) is 0 Å². The molecule has 1 aliphatic heterocycles. The van der Waals surface area contributed by atoms with Crippen molar-refractivity contribution in [3.05, 3.63) is 29.3 Å². The molecule has 1 fully saturated rings. The minimum Gasteiger partial charge on any atom is -0.489 e. The van der Waals surface area contributed by atoms with Gasteiger partial charge in [-0.2, -0.15) is 5.26 Å². The predicted octanol–water partition coefficient (Wildman–Crippen LogP) is 1.81. The topological polar surface area (TPSA) is 33.0 Å². The van der Waals surface area contributed by atoms with Crippen molar-refractivity contribution in [1.29, 1.82) is 5.26 Å². The zero-order chi connectivity index (χ0) is 8.13. The van der Waals surface area contributed by atoms with Crippen molar-refractivity contribution in [3.63, 3.8) is 0 Å². The van der Waals surface area contributed by atoms with Crippen molar-refractivity contribution in [2.45, 2.75) is 18.4 Å². The van der Waals surface area contributed by atoms with E-state index < -0.39 is 0 Å². The quantitative estimate of drug-likeness (QED) is 0.575. The second kappa shape index (κ2) is 1.81. The molecule has 12 heavy (non-hydrogen) atoms. The van der Waals surface area contributed by atoms with Crippen molar-refractivity contribution in [2.75, 3.05) is 0 Å². The Morgan fingerprint density at radius 3 is 3.25 bits per heavy atom. The third-order valence-corrected chi connectivity index (χ3v) is 2.55. The second-order valence-corrected chi connectivity index (χ2v) is 3.36. The number of ether oxygens (including phenoxy) is 1. The Morgan fingerprint density at radius 2 is 2.42 bits per heavy atom. The molecule has 2 unspecified atom stereocenters. The fourth-order valence-corrected chi connectivity index (χ4v) is 1.81. The third kappa shape index (κ3) is 0.634. The van der Waals surface area contributed by atoms with Crippen LogP contribution in [0.1, 0.15) is 23.5 Å². The van der Waals surface area contributed by atoms with Crippen molar-refractivity contribution < 1.29 is 4.74 Å². The summed E-state index contributed by atoms with van der Waals surface area (Å²) in [6.45, 7) is 0. The van der Waals surface area contributed by atoms with Gasteiger partial charge in [-0.05, 0) is 24.6 Å². The van der Waals surface area contributed by atoms with Crippen LogP contribution in [0, 0.1) is 11.3 Å². The maximum Gasteiger partial charge on any atom is 0.123 e. The summed E-state index contributed by atoms with van der Waals surface area (Å²) >= 11 is 0. The van der Waals surface area contributed by atoms with Crippen LogP contribution in [0.25, 0.3) is 0 Å². The Labute approximate surface area is 70.4 Å². The van der Waals surface area contributed by atoms with Crippen molar-refractivity contribution in [3.8, 4) is 11.8 Å². The molecule has 0 bridgehead atoms. The molecule has 0 radical (unpaired) electrons. The molecule has 0 saturated heterocycles. The Balaban J connectivity index is 2.17. The maximum absolute atomic E-state index is 8.68. The zero-order valence-electron chi connectivity index (χ0n) is 6.45. The molecule has 1 heterocycles. The van der Waals surface area contributed by atoms with E-state index in [1.165, 1.54) is 5.56 Å². The summed E-state index contributed by atoms with van der Waals surface area (Å²) in [5, 5.41) is 8.68. The SMILES string of the molecule is N#Cc1ccc2c(c1)C1CC1O2. The Kier molecular flexibility index (Phi) is 0.916. The Bertz CT molecular complexity index is 391. The van der Waals surface area contributed by atoms with Gasteiger partial charge in [-0.25, -0.2) is 0 Å². The number of benzene rings is 1. The molecule has 2 aliphatic rings. The van der Waals surface area contributed by atoms with Gasteiger partial charge in [0.1, 0.15) is 11.9 Å². The molecular formula is C10H7NO. The Hall–Kier alpha value is -1.49. The first kappa shape index (κ1) is 6.07. The molecule has 2 heteroatoms. The van der Waals surface area contributed by atoms with E-state index in [1.54, 1.807) is 0 Å². The first-order valence-electron chi connectivity index (χ1n) is 4.09. The monoisotopic (exact) mass is 157 g/mol. The molecule has 1 aromatic rings. The smallest absolute Gasteiger partial charge is 0.123 e. The van der Waals surface area contributed by atoms with Gasteiger partial charge in [0.15, 0.2) is 0 Å². The number of nitrogens with zero attached hydrogens (tertiary/aromatic N) is 1. The van der Waals surface area contributed by atoms with Gasteiger partial charge >= 0.3 is 0 Å². The summed E-state index contributed by atoms with van der Waals surface area (Å²) in [5.41, 5.74) is 1.98. The van der Waals surface area contributed by atoms with Gasteiger partial charge in [0.05, 0.1) is 11.6 Å². The number of rotatable bonds is 0. The lowest BCUT2D eigenvalue weighted by Gasteiger charge is -2.01. The lowest BCUT2D eigenvalue weighted by Crippen LogP contribution is -1.90. The van der Waals surface area contributed by atoms with E-state index in [0.717, 1.165) is 17.7 Å². The van der Waals surface area contributed by atoms with Crippen LogP contribution in [-0.4, -0.2) is 6.10 Å². The second-order valence-electron chi connectivity index (χ2n) is 3.36. The van der Waals surface area contributed by atoms with Crippen molar-refractivity contribution in [1.82, 2.24) is 0 Å². The summed E-state index contributed by atoms with van der Waals surface area (Å²) in [6, 6.07) is 7.80. The summed E-state index contributed by atoms with van der Waals surface area (Å²) in [5.74, 6) is 1.57. The molecular weight excluding hydrogens is 150 g/mol. The van der Waals surface area contributed by atoms with Crippen molar-refractivity contribution >= 4 is 0 Å². The van der Waals surface area contributed by atoms with Crippen LogP contribution in [0.15, 0.2) is 18.2 Å². The fourth-order valence-electron chi connectivity index (χ4n) is 1.81. The molecule has 0 N–H and O–H groups in total. The van der Waals surface area contributed by atoms with Crippen LogP contribution in [0.5, 0.6) is 5.75 Å². The van der Waals surface area contributed by atoms with E-state index in [9.17, 15) is 0 Å². The molecule has 3 rings (SSSR count). The fraction of sp³-hybridized carbons (Fsp3) is 0.300. The first-order valence-corrected chi connectivity index (χ1v) is 4.09. The zero-order valence-corrected chi connectivity index (χ0v) is 6.45. The van der Waals surface area contributed by atoms with E-state index in [2.05, 4.69) is 6.07 Å². The normalized spacial score (nSPS) is 28.2. The summed E-state index contributed by atoms with van der Waals surface area (Å²) in [4.78, 5) is 0. The van der Waals surface area contributed by atoms with Crippen LogP contribution in [-0.2, 0) is 0 Å². The minimum absolute atomic E-state index is 0.425. The van der Waals surface area contributed by atoms with E-state index >= 15 is 0 Å². The van der Waals surface area contributed by atoms with Gasteiger partial charge in [0, 0.05) is 11.5 Å². The summed E-state index contributed by atoms with van der Waals surface area (Å²) < 4.78 is 5.57. The van der Waals surface area contributed by atoms with E-state index in [4.69, 9.17) is 10.00 Å². The molecule has 2 nitrogen and oxygen atoms in total. The lowest BCUT2D eigenvalue weighted by molar-refractivity contribution is 0.318. The minimum atomic E-state index is 0.425. The molecule has 0 amide bonds. The van der Waals surface area contributed by atoms with Gasteiger partial charge in [0.25, 0.3) is 0 Å². The standard InChI is InChI=1S/C10H7NO/c11-5-6-1-2-9-7(3-6)8-4-10(8)12-9/h1-3,8,10H,4H2. The van der Waals surface area contributed by atoms with Crippen LogP contribution in [0.2, 0.25) is 0 Å². The predicted molar refractivity (Wildman–Crippen MR) is 42.9 cm³/mol. The van der Waals surface area contributed by atoms with Gasteiger partial charge in [0.2, 0.25) is 0 Å². The highest BCUT2D eigenvalue weighted by atomic mass is 16.5. The van der Waals surface area contributed by atoms with E-state index in [1.807, 2.05) is 18.2 Å². The number of fused-ring (bicyclic) bond motifs is 3. The molecule has 0 spiro atoms. The Morgan fingerprint density at radius 1 is 1.50 bits per heavy atom. The van der Waals surface area contributed by atoms with Gasteiger partial charge in [-0.1, -0.05) is 0 Å². The van der Waals surface area contributed by atoms with Crippen LogP contribution >= 0.6 is 0 Å². The number of hydrogen-bond donors (Lipinski definition) is 0. The van der Waals surface area contributed by atoms with E-state index in [-0.39, 0.29) is 0 Å². The molecule has 0 aromatic heterocycles. The average Bonchev–Trinajstić information content (AvgIpc) is 2.79. The van der Waals surface area contributed by atoms with Crippen molar-refractivity contribution in [2.24, 2.45) is 0 Å². The highest BCUT2D eigenvalue weighted by molar-refractivity contribution is 5.50. The van der Waals surface area contributed by atoms with Gasteiger partial charge < -0.3 is 4.74 Å². The van der Waals surface area contributed by atoms with Crippen LogP contribution < -0.4 is 4.74 Å². The number of hydrogen-bond acceptors (Lipinski definition) is 2. The third-order valence-electron chi connectivity index (χ3n) is 2.55. The van der Waals surface area contributed by atoms with Crippen LogP contribution in [0.3, 0.4) is 0 Å². The highest BCUT2D eigenvalue weighted by Gasteiger charge is 2.47. The summed E-state index contributed by atoms with van der Waals surface area (Å²) in [7, 11) is 0. The highest BCUT2D eigenvalue weighted by Crippen LogP contribution is 2.53. The molecule has 2 atom stereocenters. The number of nitriles is 1. The first-order chi connectivity index (χ1) is 5.88. The lowest BCUT2D eigenvalue weighted by atomic mass is 10.1. The molecule has 1 saturated carbocycles. The molecule has 58 valence electrons. The maximum atomic E-state index is 8.68. The van der Waals surface area contributed by atoms with Gasteiger partial charge in [-0.15, -0.1) is 0 Å². The van der Waals surface area contributed by atoms with E-state index in [0.29, 0.717) is 12.0 Å². The largest absolute Gasteiger partial charge is 0.489 e. The summed E-state index contributed by atoms with van der Waals surface area (Å²) in [6.07, 6.45) is 1.57. The van der Waals surface area contributed by atoms with Crippen LogP contribution in [0.4, 0.5) is 0 Å². The molecule has 1 aliphatic carbocycles.